The van der Waals surface area contributed by atoms with Gasteiger partial charge in [0.15, 0.2) is 12.4 Å². The van der Waals surface area contributed by atoms with Crippen LogP contribution in [0.2, 0.25) is 0 Å². The van der Waals surface area contributed by atoms with Gasteiger partial charge < -0.3 is 20.3 Å². The minimum absolute atomic E-state index is 0.00266. The van der Waals surface area contributed by atoms with Crippen LogP contribution in [0.25, 0.3) is 0 Å². The molecule has 1 fully saturated rings. The van der Waals surface area contributed by atoms with Crippen molar-refractivity contribution < 1.29 is 19.2 Å². The quantitative estimate of drug-likeness (QED) is 0.432. The standard InChI is InChI=1S/C23H28N4O5/c1-2-8-19(25-22(28)16-32-21-12-4-3-11-20(21)27(30)31)23(29)24-17-9-7-10-18(15-17)26-13-5-6-14-26/h3-4,7,9-12,15,19H,2,5-6,8,13-14,16H2,1H3,(H,24,29)(H,25,28). The second-order valence-corrected chi connectivity index (χ2v) is 7.66. The van der Waals surface area contributed by atoms with Crippen molar-refractivity contribution in [2.75, 3.05) is 29.9 Å². The zero-order chi connectivity index (χ0) is 22.9. The maximum atomic E-state index is 12.8. The third-order valence-corrected chi connectivity index (χ3v) is 5.23. The molecule has 3 rings (SSSR count). The SMILES string of the molecule is CCCC(NC(=O)COc1ccccc1[N+](=O)[O-])C(=O)Nc1cccc(N2CCCC2)c1. The van der Waals surface area contributed by atoms with Crippen molar-refractivity contribution in [3.05, 3.63) is 58.6 Å². The molecule has 2 N–H and O–H groups in total. The van der Waals surface area contributed by atoms with E-state index < -0.39 is 23.5 Å². The lowest BCUT2D eigenvalue weighted by molar-refractivity contribution is -0.385. The topological polar surface area (TPSA) is 114 Å². The smallest absolute Gasteiger partial charge is 0.310 e. The van der Waals surface area contributed by atoms with Gasteiger partial charge in [0.05, 0.1) is 4.92 Å². The van der Waals surface area contributed by atoms with Crippen molar-refractivity contribution >= 4 is 28.9 Å². The lowest BCUT2D eigenvalue weighted by Crippen LogP contribution is -2.45. The van der Waals surface area contributed by atoms with Crippen molar-refractivity contribution in [3.63, 3.8) is 0 Å². The number of carbonyl (C=O) groups excluding carboxylic acids is 2. The van der Waals surface area contributed by atoms with Crippen LogP contribution in [0.5, 0.6) is 5.75 Å². The van der Waals surface area contributed by atoms with E-state index in [-0.39, 0.29) is 17.3 Å². The maximum Gasteiger partial charge on any atom is 0.310 e. The highest BCUT2D eigenvalue weighted by Crippen LogP contribution is 2.26. The molecule has 32 heavy (non-hydrogen) atoms. The van der Waals surface area contributed by atoms with Crippen LogP contribution in [-0.2, 0) is 9.59 Å². The van der Waals surface area contributed by atoms with Gasteiger partial charge in [0.25, 0.3) is 5.91 Å². The average Bonchev–Trinajstić information content (AvgIpc) is 3.33. The Balaban J connectivity index is 1.58. The Labute approximate surface area is 186 Å². The molecule has 2 aromatic carbocycles. The number of nitrogens with one attached hydrogen (secondary N) is 2. The molecule has 0 radical (unpaired) electrons. The Morgan fingerprint density at radius 2 is 1.91 bits per heavy atom. The summed E-state index contributed by atoms with van der Waals surface area (Å²) in [6, 6.07) is 12.8. The molecule has 1 saturated heterocycles. The van der Waals surface area contributed by atoms with Crippen LogP contribution >= 0.6 is 0 Å². The van der Waals surface area contributed by atoms with Crippen LogP contribution in [0.15, 0.2) is 48.5 Å². The summed E-state index contributed by atoms with van der Waals surface area (Å²) < 4.78 is 5.32. The third-order valence-electron chi connectivity index (χ3n) is 5.23. The fraction of sp³-hybridized carbons (Fsp3) is 0.391. The molecule has 1 heterocycles. The summed E-state index contributed by atoms with van der Waals surface area (Å²) in [6.07, 6.45) is 3.47. The van der Waals surface area contributed by atoms with Crippen LogP contribution in [0, 0.1) is 10.1 Å². The number of rotatable bonds is 10. The average molecular weight is 441 g/mol. The predicted octanol–water partition coefficient (Wildman–Crippen LogP) is 3.50. The van der Waals surface area contributed by atoms with Crippen molar-refractivity contribution in [1.82, 2.24) is 5.32 Å². The first-order valence-corrected chi connectivity index (χ1v) is 10.8. The number of carbonyl (C=O) groups is 2. The largest absolute Gasteiger partial charge is 0.477 e. The summed E-state index contributed by atoms with van der Waals surface area (Å²) in [7, 11) is 0. The highest BCUT2D eigenvalue weighted by molar-refractivity contribution is 5.97. The van der Waals surface area contributed by atoms with Gasteiger partial charge >= 0.3 is 5.69 Å². The number of nitrogens with zero attached hydrogens (tertiary/aromatic N) is 2. The van der Waals surface area contributed by atoms with Gasteiger partial charge in [0.2, 0.25) is 5.91 Å². The summed E-state index contributed by atoms with van der Waals surface area (Å²) in [6.45, 7) is 3.50. The van der Waals surface area contributed by atoms with Gasteiger partial charge in [0.1, 0.15) is 6.04 Å². The molecule has 170 valence electrons. The first-order valence-electron chi connectivity index (χ1n) is 10.8. The number of hydrogen-bond acceptors (Lipinski definition) is 6. The first kappa shape index (κ1) is 23.1. The summed E-state index contributed by atoms with van der Waals surface area (Å²) in [5.74, 6) is -0.838. The van der Waals surface area contributed by atoms with E-state index >= 15 is 0 Å². The zero-order valence-electron chi connectivity index (χ0n) is 18.1. The maximum absolute atomic E-state index is 12.8. The molecular weight excluding hydrogens is 412 g/mol. The molecule has 0 saturated carbocycles. The van der Waals surface area contributed by atoms with E-state index in [9.17, 15) is 19.7 Å². The zero-order valence-corrected chi connectivity index (χ0v) is 18.1. The minimum Gasteiger partial charge on any atom is -0.477 e. The molecule has 2 aromatic rings. The van der Waals surface area contributed by atoms with Gasteiger partial charge in [-0.3, -0.25) is 19.7 Å². The fourth-order valence-electron chi connectivity index (χ4n) is 3.65. The number of para-hydroxylation sites is 2. The molecule has 9 heteroatoms. The third kappa shape index (κ3) is 6.19. The highest BCUT2D eigenvalue weighted by Gasteiger charge is 2.22. The van der Waals surface area contributed by atoms with E-state index in [0.29, 0.717) is 18.5 Å². The molecular formula is C23H28N4O5. The molecule has 1 unspecified atom stereocenters. The lowest BCUT2D eigenvalue weighted by Gasteiger charge is -2.20. The van der Waals surface area contributed by atoms with E-state index in [1.807, 2.05) is 31.2 Å². The van der Waals surface area contributed by atoms with Crippen LogP contribution in [0.3, 0.4) is 0 Å². The van der Waals surface area contributed by atoms with Crippen molar-refractivity contribution in [1.29, 1.82) is 0 Å². The molecule has 0 aromatic heterocycles. The molecule has 1 aliphatic heterocycles. The van der Waals surface area contributed by atoms with Crippen molar-refractivity contribution in [2.24, 2.45) is 0 Å². The Bertz CT molecular complexity index is 959. The molecule has 0 spiro atoms. The fourth-order valence-corrected chi connectivity index (χ4v) is 3.65. The molecule has 0 aliphatic carbocycles. The normalized spacial score (nSPS) is 14.0. The number of hydrogen-bond donors (Lipinski definition) is 2. The Morgan fingerprint density at radius 3 is 2.62 bits per heavy atom. The van der Waals surface area contributed by atoms with Gasteiger partial charge in [-0.25, -0.2) is 0 Å². The van der Waals surface area contributed by atoms with Crippen LogP contribution in [-0.4, -0.2) is 42.5 Å². The summed E-state index contributed by atoms with van der Waals surface area (Å²) in [5, 5.41) is 16.6. The van der Waals surface area contributed by atoms with E-state index in [1.165, 1.54) is 18.2 Å². The Morgan fingerprint density at radius 1 is 1.16 bits per heavy atom. The van der Waals surface area contributed by atoms with Crippen molar-refractivity contribution in [3.8, 4) is 5.75 Å². The summed E-state index contributed by atoms with van der Waals surface area (Å²) >= 11 is 0. The molecule has 1 atom stereocenters. The number of anilines is 2. The Kier molecular flexibility index (Phi) is 8.02. The number of nitro benzene ring substituents is 1. The van der Waals surface area contributed by atoms with Gasteiger partial charge in [-0.1, -0.05) is 31.5 Å². The molecule has 0 bridgehead atoms. The van der Waals surface area contributed by atoms with Gasteiger partial charge in [-0.15, -0.1) is 0 Å². The van der Waals surface area contributed by atoms with Gasteiger partial charge in [-0.2, -0.15) is 0 Å². The first-order chi connectivity index (χ1) is 15.5. The molecule has 9 nitrogen and oxygen atoms in total. The highest BCUT2D eigenvalue weighted by atomic mass is 16.6. The number of benzene rings is 2. The molecule has 1 aliphatic rings. The van der Waals surface area contributed by atoms with Gasteiger partial charge in [0, 0.05) is 30.5 Å². The second-order valence-electron chi connectivity index (χ2n) is 7.66. The van der Waals surface area contributed by atoms with Gasteiger partial charge in [-0.05, 0) is 43.5 Å². The van der Waals surface area contributed by atoms with E-state index in [0.717, 1.165) is 31.6 Å². The van der Waals surface area contributed by atoms with Crippen molar-refractivity contribution in [2.45, 2.75) is 38.6 Å². The predicted molar refractivity (Wildman–Crippen MR) is 122 cm³/mol. The summed E-state index contributed by atoms with van der Waals surface area (Å²) in [4.78, 5) is 38.0. The monoisotopic (exact) mass is 440 g/mol. The van der Waals surface area contributed by atoms with Crippen LogP contribution < -0.4 is 20.3 Å². The van der Waals surface area contributed by atoms with E-state index in [1.54, 1.807) is 6.07 Å². The van der Waals surface area contributed by atoms with E-state index in [2.05, 4.69) is 15.5 Å². The van der Waals surface area contributed by atoms with Crippen LogP contribution in [0.1, 0.15) is 32.6 Å². The minimum atomic E-state index is -0.739. The van der Waals surface area contributed by atoms with Crippen LogP contribution in [0.4, 0.5) is 17.1 Å². The second kappa shape index (κ2) is 11.1. The molecule has 2 amide bonds. The Hall–Kier alpha value is -3.62. The lowest BCUT2D eigenvalue weighted by atomic mass is 10.1. The number of ether oxygens (including phenoxy) is 1. The summed E-state index contributed by atoms with van der Waals surface area (Å²) in [5.41, 5.74) is 1.51. The number of nitro groups is 1. The number of amides is 2. The van der Waals surface area contributed by atoms with E-state index in [4.69, 9.17) is 4.74 Å².